The Labute approximate surface area is 191 Å². The summed E-state index contributed by atoms with van der Waals surface area (Å²) in [6, 6.07) is 8.65. The average Bonchev–Trinajstić information content (AvgIpc) is 3.28. The number of carbonyl (C=O) groups excluding carboxylic acids is 3. The first-order chi connectivity index (χ1) is 15.8. The highest BCUT2D eigenvalue weighted by molar-refractivity contribution is 5.98. The Hall–Kier alpha value is -3.95. The van der Waals surface area contributed by atoms with Crippen LogP contribution in [0.3, 0.4) is 0 Å². The number of rotatable bonds is 9. The number of esters is 1. The molecule has 2 amide bonds. The molecule has 10 nitrogen and oxygen atoms in total. The first kappa shape index (κ1) is 23.7. The van der Waals surface area contributed by atoms with Crippen LogP contribution < -0.4 is 29.6 Å². The van der Waals surface area contributed by atoms with E-state index in [9.17, 15) is 14.4 Å². The van der Waals surface area contributed by atoms with Gasteiger partial charge in [0.15, 0.2) is 18.1 Å². The standard InChI is InChI=1S/C23H26N2O8/c1-13(2)21(25-22(27)14-7-16(29-3)10-17(8-14)30-4)23(28)31-11-20(26)24-15-5-6-18-19(9-15)33-12-32-18/h5-10,13,21H,11-12H2,1-4H3,(H,24,26)(H,25,27)/t21-/m0/s1. The van der Waals surface area contributed by atoms with Gasteiger partial charge in [-0.2, -0.15) is 0 Å². The molecule has 0 aromatic heterocycles. The molecule has 0 radical (unpaired) electrons. The highest BCUT2D eigenvalue weighted by atomic mass is 16.7. The maximum atomic E-state index is 12.7. The van der Waals surface area contributed by atoms with Crippen molar-refractivity contribution in [2.24, 2.45) is 5.92 Å². The van der Waals surface area contributed by atoms with Crippen LogP contribution in [0, 0.1) is 5.92 Å². The van der Waals surface area contributed by atoms with Gasteiger partial charge in [-0.1, -0.05) is 13.8 Å². The smallest absolute Gasteiger partial charge is 0.329 e. The van der Waals surface area contributed by atoms with Gasteiger partial charge < -0.3 is 34.3 Å². The molecule has 2 aromatic carbocycles. The average molecular weight is 458 g/mol. The minimum atomic E-state index is -0.965. The fraction of sp³-hybridized carbons (Fsp3) is 0.348. The van der Waals surface area contributed by atoms with E-state index in [2.05, 4.69) is 10.6 Å². The molecule has 33 heavy (non-hydrogen) atoms. The minimum absolute atomic E-state index is 0.120. The van der Waals surface area contributed by atoms with Crippen LogP contribution in [0.4, 0.5) is 5.69 Å². The van der Waals surface area contributed by atoms with Gasteiger partial charge in [0.1, 0.15) is 17.5 Å². The summed E-state index contributed by atoms with van der Waals surface area (Å²) in [6.45, 7) is 3.12. The van der Waals surface area contributed by atoms with Gasteiger partial charge in [-0.15, -0.1) is 0 Å². The lowest BCUT2D eigenvalue weighted by Gasteiger charge is -2.21. The van der Waals surface area contributed by atoms with Crippen LogP contribution >= 0.6 is 0 Å². The van der Waals surface area contributed by atoms with Crippen LogP contribution in [0.1, 0.15) is 24.2 Å². The quantitative estimate of drug-likeness (QED) is 0.550. The topological polar surface area (TPSA) is 121 Å². The summed E-state index contributed by atoms with van der Waals surface area (Å²) in [5, 5.41) is 5.27. The summed E-state index contributed by atoms with van der Waals surface area (Å²) >= 11 is 0. The number of anilines is 1. The maximum absolute atomic E-state index is 12.7. The van der Waals surface area contributed by atoms with E-state index in [0.29, 0.717) is 28.7 Å². The Morgan fingerprint density at radius 2 is 1.64 bits per heavy atom. The molecular weight excluding hydrogens is 432 g/mol. The number of amides is 2. The molecule has 0 fully saturated rings. The Morgan fingerprint density at radius 1 is 0.970 bits per heavy atom. The molecule has 2 aromatic rings. The van der Waals surface area contributed by atoms with Crippen molar-refractivity contribution >= 4 is 23.5 Å². The predicted octanol–water partition coefficient (Wildman–Crippen LogP) is 2.37. The summed E-state index contributed by atoms with van der Waals surface area (Å²) in [5.74, 6) is -0.0851. The lowest BCUT2D eigenvalue weighted by atomic mass is 10.0. The fourth-order valence-electron chi connectivity index (χ4n) is 3.06. The van der Waals surface area contributed by atoms with Gasteiger partial charge in [0.2, 0.25) is 6.79 Å². The van der Waals surface area contributed by atoms with Crippen LogP contribution in [-0.2, 0) is 14.3 Å². The second-order valence-electron chi connectivity index (χ2n) is 7.52. The largest absolute Gasteiger partial charge is 0.497 e. The van der Waals surface area contributed by atoms with Gasteiger partial charge in [0.25, 0.3) is 11.8 Å². The van der Waals surface area contributed by atoms with Crippen LogP contribution in [0.2, 0.25) is 0 Å². The van der Waals surface area contributed by atoms with E-state index in [1.54, 1.807) is 38.1 Å². The molecular formula is C23H26N2O8. The maximum Gasteiger partial charge on any atom is 0.329 e. The van der Waals surface area contributed by atoms with Crippen LogP contribution in [0.25, 0.3) is 0 Å². The molecule has 1 heterocycles. The van der Waals surface area contributed by atoms with E-state index in [1.807, 2.05) is 0 Å². The van der Waals surface area contributed by atoms with E-state index in [0.717, 1.165) is 0 Å². The Kier molecular flexibility index (Phi) is 7.60. The SMILES string of the molecule is COc1cc(OC)cc(C(=O)N[C@H](C(=O)OCC(=O)Nc2ccc3c(c2)OCO3)C(C)C)c1. The molecule has 1 aliphatic rings. The summed E-state index contributed by atoms with van der Waals surface area (Å²) in [4.78, 5) is 37.6. The van der Waals surface area contributed by atoms with Crippen molar-refractivity contribution in [3.8, 4) is 23.0 Å². The number of hydrogen-bond acceptors (Lipinski definition) is 8. The summed E-state index contributed by atoms with van der Waals surface area (Å²) in [7, 11) is 2.94. The van der Waals surface area contributed by atoms with E-state index in [-0.39, 0.29) is 18.3 Å². The number of nitrogens with one attached hydrogen (secondary N) is 2. The zero-order chi connectivity index (χ0) is 24.0. The monoisotopic (exact) mass is 458 g/mol. The van der Waals surface area contributed by atoms with E-state index in [1.165, 1.54) is 26.4 Å². The third-order valence-corrected chi connectivity index (χ3v) is 4.82. The van der Waals surface area contributed by atoms with Crippen molar-refractivity contribution in [1.29, 1.82) is 0 Å². The van der Waals surface area contributed by atoms with E-state index in [4.69, 9.17) is 23.7 Å². The van der Waals surface area contributed by atoms with Gasteiger partial charge in [-0.05, 0) is 30.2 Å². The van der Waals surface area contributed by atoms with E-state index < -0.39 is 30.4 Å². The zero-order valence-electron chi connectivity index (χ0n) is 18.8. The number of methoxy groups -OCH3 is 2. The first-order valence-electron chi connectivity index (χ1n) is 10.2. The van der Waals surface area contributed by atoms with Crippen molar-refractivity contribution in [2.45, 2.75) is 19.9 Å². The molecule has 2 N–H and O–H groups in total. The molecule has 1 atom stereocenters. The third kappa shape index (κ3) is 6.06. The number of fused-ring (bicyclic) bond motifs is 1. The Bertz CT molecular complexity index is 1010. The van der Waals surface area contributed by atoms with Crippen molar-refractivity contribution in [3.63, 3.8) is 0 Å². The molecule has 0 saturated carbocycles. The van der Waals surface area contributed by atoms with Gasteiger partial charge in [0.05, 0.1) is 14.2 Å². The molecule has 3 rings (SSSR count). The summed E-state index contributed by atoms with van der Waals surface area (Å²) in [6.07, 6.45) is 0. The summed E-state index contributed by atoms with van der Waals surface area (Å²) < 4.78 is 26.0. The normalized spacial score (nSPS) is 12.6. The highest BCUT2D eigenvalue weighted by Crippen LogP contribution is 2.34. The van der Waals surface area contributed by atoms with Gasteiger partial charge in [-0.3, -0.25) is 9.59 Å². The van der Waals surface area contributed by atoms with Gasteiger partial charge in [-0.25, -0.2) is 4.79 Å². The van der Waals surface area contributed by atoms with E-state index >= 15 is 0 Å². The van der Waals surface area contributed by atoms with Crippen molar-refractivity contribution < 1.29 is 38.1 Å². The van der Waals surface area contributed by atoms with Crippen molar-refractivity contribution in [1.82, 2.24) is 5.32 Å². The zero-order valence-corrected chi connectivity index (χ0v) is 18.8. The Balaban J connectivity index is 1.58. The number of ether oxygens (including phenoxy) is 5. The van der Waals surface area contributed by atoms with Crippen molar-refractivity contribution in [2.75, 3.05) is 32.9 Å². The summed E-state index contributed by atoms with van der Waals surface area (Å²) in [5.41, 5.74) is 0.728. The van der Waals surface area contributed by atoms with Crippen LogP contribution in [-0.4, -0.2) is 51.4 Å². The molecule has 0 bridgehead atoms. The molecule has 0 aliphatic carbocycles. The Morgan fingerprint density at radius 3 is 2.27 bits per heavy atom. The number of carbonyl (C=O) groups is 3. The predicted molar refractivity (Wildman–Crippen MR) is 118 cm³/mol. The lowest BCUT2D eigenvalue weighted by molar-refractivity contribution is -0.150. The molecule has 176 valence electrons. The van der Waals surface area contributed by atoms with Gasteiger partial charge >= 0.3 is 5.97 Å². The van der Waals surface area contributed by atoms with Crippen LogP contribution in [0.5, 0.6) is 23.0 Å². The minimum Gasteiger partial charge on any atom is -0.497 e. The highest BCUT2D eigenvalue weighted by Gasteiger charge is 2.27. The number of benzene rings is 2. The van der Waals surface area contributed by atoms with Gasteiger partial charge in [0, 0.05) is 23.4 Å². The first-order valence-corrected chi connectivity index (χ1v) is 10.2. The van der Waals surface area contributed by atoms with Crippen LogP contribution in [0.15, 0.2) is 36.4 Å². The molecule has 1 aliphatic heterocycles. The second kappa shape index (κ2) is 10.6. The molecule has 0 saturated heterocycles. The molecule has 0 unspecified atom stereocenters. The fourth-order valence-corrected chi connectivity index (χ4v) is 3.06. The third-order valence-electron chi connectivity index (χ3n) is 4.82. The lowest BCUT2D eigenvalue weighted by Crippen LogP contribution is -2.46. The second-order valence-corrected chi connectivity index (χ2v) is 7.52. The molecule has 10 heteroatoms. The molecule has 0 spiro atoms. The van der Waals surface area contributed by atoms with Crippen molar-refractivity contribution in [3.05, 3.63) is 42.0 Å². The number of hydrogen-bond donors (Lipinski definition) is 2.